The third-order valence-electron chi connectivity index (χ3n) is 2.26. The lowest BCUT2D eigenvalue weighted by molar-refractivity contribution is 0.0673. The van der Waals surface area contributed by atoms with E-state index >= 15 is 0 Å². The van der Waals surface area contributed by atoms with Crippen molar-refractivity contribution in [1.29, 1.82) is 0 Å². The first-order chi connectivity index (χ1) is 4.84. The summed E-state index contributed by atoms with van der Waals surface area (Å²) < 4.78 is 5.36. The van der Waals surface area contributed by atoms with E-state index in [4.69, 9.17) is 4.74 Å². The van der Waals surface area contributed by atoms with Gasteiger partial charge >= 0.3 is 0 Å². The summed E-state index contributed by atoms with van der Waals surface area (Å²) in [6.07, 6.45) is 4.74. The molecule has 0 spiro atoms. The number of ether oxygens (including phenoxy) is 1. The van der Waals surface area contributed by atoms with Crippen LogP contribution in [0.15, 0.2) is 11.6 Å². The van der Waals surface area contributed by atoms with Crippen molar-refractivity contribution in [2.45, 2.75) is 26.7 Å². The third-order valence-corrected chi connectivity index (χ3v) is 2.26. The van der Waals surface area contributed by atoms with E-state index < -0.39 is 0 Å². The number of allylic oxidation sites excluding steroid dienone is 1. The van der Waals surface area contributed by atoms with Crippen LogP contribution in [0.2, 0.25) is 0 Å². The molecule has 1 heteroatoms. The summed E-state index contributed by atoms with van der Waals surface area (Å²) >= 11 is 0. The zero-order valence-electron chi connectivity index (χ0n) is 6.89. The Balaban J connectivity index is 2.39. The van der Waals surface area contributed by atoms with Crippen LogP contribution in [0.1, 0.15) is 26.7 Å². The molecule has 1 aliphatic heterocycles. The quantitative estimate of drug-likeness (QED) is 0.508. The van der Waals surface area contributed by atoms with Crippen molar-refractivity contribution in [3.63, 3.8) is 0 Å². The molecule has 0 unspecified atom stereocenters. The lowest BCUT2D eigenvalue weighted by atomic mass is 9.94. The van der Waals surface area contributed by atoms with E-state index in [-0.39, 0.29) is 0 Å². The minimum atomic E-state index is 0.707. The van der Waals surface area contributed by atoms with E-state index in [2.05, 4.69) is 19.9 Å². The van der Waals surface area contributed by atoms with Crippen molar-refractivity contribution >= 4 is 0 Å². The van der Waals surface area contributed by atoms with Gasteiger partial charge in [0.2, 0.25) is 0 Å². The van der Waals surface area contributed by atoms with Gasteiger partial charge < -0.3 is 4.74 Å². The van der Waals surface area contributed by atoms with Gasteiger partial charge in [0, 0.05) is 12.5 Å². The molecule has 1 fully saturated rings. The van der Waals surface area contributed by atoms with E-state index in [1.807, 2.05) is 0 Å². The number of hydrogen-bond acceptors (Lipinski definition) is 1. The van der Waals surface area contributed by atoms with Gasteiger partial charge in [0.15, 0.2) is 0 Å². The molecule has 10 heavy (non-hydrogen) atoms. The van der Waals surface area contributed by atoms with Crippen molar-refractivity contribution in [1.82, 2.24) is 0 Å². The maximum absolute atomic E-state index is 5.36. The van der Waals surface area contributed by atoms with Gasteiger partial charge in [-0.25, -0.2) is 0 Å². The Bertz CT molecular complexity index is 121. The molecule has 1 heterocycles. The molecule has 1 nitrogen and oxygen atoms in total. The number of hydrogen-bond donors (Lipinski definition) is 0. The summed E-state index contributed by atoms with van der Waals surface area (Å²) in [5.74, 6) is 0.707. The van der Waals surface area contributed by atoms with Gasteiger partial charge in [-0.3, -0.25) is 0 Å². The molecular formula is C9H16O. The van der Waals surface area contributed by atoms with E-state index in [9.17, 15) is 0 Å². The van der Waals surface area contributed by atoms with Crippen molar-refractivity contribution in [2.24, 2.45) is 5.92 Å². The van der Waals surface area contributed by atoms with Crippen LogP contribution >= 0.6 is 0 Å². The molecule has 1 aliphatic rings. The summed E-state index contributed by atoms with van der Waals surface area (Å²) in [6, 6.07) is 0. The molecule has 1 saturated heterocycles. The Morgan fingerprint density at radius 3 is 2.90 bits per heavy atom. The van der Waals surface area contributed by atoms with Gasteiger partial charge in [-0.2, -0.15) is 0 Å². The van der Waals surface area contributed by atoms with E-state index in [1.54, 1.807) is 0 Å². The molecule has 0 bridgehead atoms. The smallest absolute Gasteiger partial charge is 0.0531 e. The minimum Gasteiger partial charge on any atom is -0.381 e. The fourth-order valence-electron chi connectivity index (χ4n) is 1.34. The third kappa shape index (κ3) is 1.84. The molecular weight excluding hydrogens is 124 g/mol. The average Bonchev–Trinajstić information content (AvgIpc) is 2.05. The Labute approximate surface area is 63.1 Å². The van der Waals surface area contributed by atoms with Crippen molar-refractivity contribution in [3.05, 3.63) is 11.6 Å². The first-order valence-corrected chi connectivity index (χ1v) is 4.05. The predicted octanol–water partition coefficient (Wildman–Crippen LogP) is 2.38. The van der Waals surface area contributed by atoms with Crippen LogP contribution in [0.3, 0.4) is 0 Å². The van der Waals surface area contributed by atoms with Crippen LogP contribution in [-0.2, 0) is 4.74 Å². The molecule has 0 saturated carbocycles. The van der Waals surface area contributed by atoms with Gasteiger partial charge in [-0.15, -0.1) is 0 Å². The van der Waals surface area contributed by atoms with Gasteiger partial charge in [-0.1, -0.05) is 11.6 Å². The molecule has 0 aromatic rings. The highest BCUT2D eigenvalue weighted by atomic mass is 16.5. The molecule has 0 aliphatic carbocycles. The van der Waals surface area contributed by atoms with Crippen molar-refractivity contribution in [3.8, 4) is 0 Å². The van der Waals surface area contributed by atoms with Crippen molar-refractivity contribution in [2.75, 3.05) is 13.2 Å². The van der Waals surface area contributed by atoms with Gasteiger partial charge in [0.05, 0.1) is 6.61 Å². The zero-order valence-corrected chi connectivity index (χ0v) is 6.89. The summed E-state index contributed by atoms with van der Waals surface area (Å²) in [7, 11) is 0. The summed E-state index contributed by atoms with van der Waals surface area (Å²) in [4.78, 5) is 0. The highest BCUT2D eigenvalue weighted by Crippen LogP contribution is 2.20. The second-order valence-corrected chi connectivity index (χ2v) is 2.95. The second-order valence-electron chi connectivity index (χ2n) is 2.95. The standard InChI is InChI=1S/C9H16O/c1-3-8(2)9-5-4-6-10-7-9/h3,9H,4-7H2,1-2H3/b8-3-/t9-/m0/s1. The molecule has 58 valence electrons. The van der Waals surface area contributed by atoms with E-state index in [0.717, 1.165) is 13.2 Å². The molecule has 0 amide bonds. The molecule has 1 rings (SSSR count). The Morgan fingerprint density at radius 2 is 2.40 bits per heavy atom. The fraction of sp³-hybridized carbons (Fsp3) is 0.778. The molecule has 0 radical (unpaired) electrons. The minimum absolute atomic E-state index is 0.707. The molecule has 0 aromatic carbocycles. The van der Waals surface area contributed by atoms with Crippen LogP contribution in [0, 0.1) is 5.92 Å². The van der Waals surface area contributed by atoms with Gasteiger partial charge in [-0.05, 0) is 26.7 Å². The van der Waals surface area contributed by atoms with Crippen LogP contribution in [0.4, 0.5) is 0 Å². The van der Waals surface area contributed by atoms with Gasteiger partial charge in [0.1, 0.15) is 0 Å². The highest BCUT2D eigenvalue weighted by molar-refractivity contribution is 5.02. The summed E-state index contributed by atoms with van der Waals surface area (Å²) in [5, 5.41) is 0. The maximum atomic E-state index is 5.36. The first kappa shape index (κ1) is 7.80. The van der Waals surface area contributed by atoms with Crippen LogP contribution in [0.5, 0.6) is 0 Å². The van der Waals surface area contributed by atoms with Crippen LogP contribution < -0.4 is 0 Å². The Kier molecular flexibility index (Phi) is 2.94. The SMILES string of the molecule is C/C=C(/C)[C@H]1CCCOC1. The zero-order chi connectivity index (χ0) is 7.40. The number of rotatable bonds is 1. The second kappa shape index (κ2) is 3.77. The van der Waals surface area contributed by atoms with Crippen LogP contribution in [-0.4, -0.2) is 13.2 Å². The van der Waals surface area contributed by atoms with E-state index in [0.29, 0.717) is 5.92 Å². The van der Waals surface area contributed by atoms with E-state index in [1.165, 1.54) is 18.4 Å². The average molecular weight is 140 g/mol. The lowest BCUT2D eigenvalue weighted by Crippen LogP contribution is -2.17. The summed E-state index contributed by atoms with van der Waals surface area (Å²) in [5.41, 5.74) is 1.49. The maximum Gasteiger partial charge on any atom is 0.0531 e. The molecule has 0 N–H and O–H groups in total. The van der Waals surface area contributed by atoms with Crippen LogP contribution in [0.25, 0.3) is 0 Å². The Hall–Kier alpha value is -0.300. The van der Waals surface area contributed by atoms with Gasteiger partial charge in [0.25, 0.3) is 0 Å². The highest BCUT2D eigenvalue weighted by Gasteiger charge is 2.13. The van der Waals surface area contributed by atoms with Crippen molar-refractivity contribution < 1.29 is 4.74 Å². The normalized spacial score (nSPS) is 28.6. The monoisotopic (exact) mass is 140 g/mol. The molecule has 1 atom stereocenters. The largest absolute Gasteiger partial charge is 0.381 e. The topological polar surface area (TPSA) is 9.23 Å². The predicted molar refractivity (Wildman–Crippen MR) is 43.0 cm³/mol. The first-order valence-electron chi connectivity index (χ1n) is 4.05. The molecule has 0 aromatic heterocycles. The fourth-order valence-corrected chi connectivity index (χ4v) is 1.34. The Morgan fingerprint density at radius 1 is 1.60 bits per heavy atom. The lowest BCUT2D eigenvalue weighted by Gasteiger charge is -2.22. The summed E-state index contributed by atoms with van der Waals surface area (Å²) in [6.45, 7) is 6.20.